The molecular formula is C14H20FN. The van der Waals surface area contributed by atoms with E-state index in [0.717, 1.165) is 24.9 Å². The first-order valence-electron chi connectivity index (χ1n) is 5.89. The first-order valence-corrected chi connectivity index (χ1v) is 5.89. The lowest BCUT2D eigenvalue weighted by Crippen LogP contribution is -2.52. The van der Waals surface area contributed by atoms with Gasteiger partial charge in [0.15, 0.2) is 0 Å². The summed E-state index contributed by atoms with van der Waals surface area (Å²) in [4.78, 5) is 0. The second kappa shape index (κ2) is 3.85. The number of hydrogen-bond donors (Lipinski definition) is 1. The van der Waals surface area contributed by atoms with Crippen molar-refractivity contribution in [1.29, 1.82) is 0 Å². The zero-order valence-electron chi connectivity index (χ0n) is 10.3. The third kappa shape index (κ3) is 1.86. The summed E-state index contributed by atoms with van der Waals surface area (Å²) in [6, 6.07) is 7.19. The molecule has 16 heavy (non-hydrogen) atoms. The molecule has 0 spiro atoms. The smallest absolute Gasteiger partial charge is 0.127 e. The van der Waals surface area contributed by atoms with Crippen LogP contribution in [-0.2, 0) is 5.41 Å². The molecule has 0 unspecified atom stereocenters. The number of likely N-dealkylation sites (N-methyl/N-ethyl adjacent to an activating group) is 1. The molecule has 0 aliphatic heterocycles. The molecule has 1 nitrogen and oxygen atoms in total. The van der Waals surface area contributed by atoms with Crippen LogP contribution >= 0.6 is 0 Å². The van der Waals surface area contributed by atoms with E-state index in [2.05, 4.69) is 19.2 Å². The van der Waals surface area contributed by atoms with Crippen LogP contribution in [0, 0.1) is 11.2 Å². The summed E-state index contributed by atoms with van der Waals surface area (Å²) in [5.74, 6) is -0.0618. The fourth-order valence-corrected chi connectivity index (χ4v) is 3.42. The Morgan fingerprint density at radius 3 is 2.38 bits per heavy atom. The number of benzene rings is 1. The Bertz CT molecular complexity index is 376. The summed E-state index contributed by atoms with van der Waals surface area (Å²) < 4.78 is 13.9. The highest BCUT2D eigenvalue weighted by molar-refractivity contribution is 5.32. The molecule has 0 radical (unpaired) electrons. The van der Waals surface area contributed by atoms with Gasteiger partial charge in [-0.3, -0.25) is 0 Å². The SMILES string of the molecule is CNCC1(c2ccccc2F)CC(C)(C)C1. The molecule has 1 N–H and O–H groups in total. The van der Waals surface area contributed by atoms with Gasteiger partial charge < -0.3 is 5.32 Å². The van der Waals surface area contributed by atoms with Crippen LogP contribution in [0.25, 0.3) is 0 Å². The quantitative estimate of drug-likeness (QED) is 0.827. The highest BCUT2D eigenvalue weighted by Gasteiger charge is 2.50. The van der Waals surface area contributed by atoms with Gasteiger partial charge in [-0.25, -0.2) is 4.39 Å². The van der Waals surface area contributed by atoms with Crippen molar-refractivity contribution in [3.63, 3.8) is 0 Å². The maximum Gasteiger partial charge on any atom is 0.127 e. The number of nitrogens with one attached hydrogen (secondary N) is 1. The predicted octanol–water partition coefficient (Wildman–Crippen LogP) is 3.10. The monoisotopic (exact) mass is 221 g/mol. The van der Waals surface area contributed by atoms with Crippen molar-refractivity contribution >= 4 is 0 Å². The molecule has 1 fully saturated rings. The molecule has 0 amide bonds. The fraction of sp³-hybridized carbons (Fsp3) is 0.571. The van der Waals surface area contributed by atoms with Crippen LogP contribution in [0.5, 0.6) is 0 Å². The fourth-order valence-electron chi connectivity index (χ4n) is 3.42. The van der Waals surface area contributed by atoms with Gasteiger partial charge >= 0.3 is 0 Å². The van der Waals surface area contributed by atoms with Crippen LogP contribution < -0.4 is 5.32 Å². The molecule has 0 saturated heterocycles. The van der Waals surface area contributed by atoms with E-state index >= 15 is 0 Å². The van der Waals surface area contributed by atoms with Crippen molar-refractivity contribution < 1.29 is 4.39 Å². The van der Waals surface area contributed by atoms with Gasteiger partial charge in [0, 0.05) is 12.0 Å². The molecule has 2 rings (SSSR count). The topological polar surface area (TPSA) is 12.0 Å². The third-order valence-electron chi connectivity index (χ3n) is 3.59. The summed E-state index contributed by atoms with van der Waals surface area (Å²) in [5.41, 5.74) is 1.23. The zero-order chi connectivity index (χ0) is 11.8. The Morgan fingerprint density at radius 2 is 1.88 bits per heavy atom. The van der Waals surface area contributed by atoms with Crippen LogP contribution in [0.15, 0.2) is 24.3 Å². The van der Waals surface area contributed by atoms with E-state index in [-0.39, 0.29) is 11.2 Å². The maximum atomic E-state index is 13.9. The van der Waals surface area contributed by atoms with Crippen LogP contribution in [-0.4, -0.2) is 13.6 Å². The predicted molar refractivity (Wildman–Crippen MR) is 65.0 cm³/mol. The van der Waals surface area contributed by atoms with Crippen molar-refractivity contribution in [2.75, 3.05) is 13.6 Å². The summed E-state index contributed by atoms with van der Waals surface area (Å²) in [6.45, 7) is 5.36. The molecule has 0 atom stereocenters. The van der Waals surface area contributed by atoms with Crippen molar-refractivity contribution in [3.8, 4) is 0 Å². The van der Waals surface area contributed by atoms with E-state index in [1.54, 1.807) is 12.1 Å². The van der Waals surface area contributed by atoms with Crippen molar-refractivity contribution in [3.05, 3.63) is 35.6 Å². The van der Waals surface area contributed by atoms with Gasteiger partial charge in [0.05, 0.1) is 0 Å². The lowest BCUT2D eigenvalue weighted by molar-refractivity contribution is 0.0551. The van der Waals surface area contributed by atoms with Gasteiger partial charge in [0.2, 0.25) is 0 Å². The van der Waals surface area contributed by atoms with E-state index in [0.29, 0.717) is 5.41 Å². The molecule has 1 aromatic carbocycles. The largest absolute Gasteiger partial charge is 0.319 e. The molecule has 1 aliphatic rings. The van der Waals surface area contributed by atoms with Crippen molar-refractivity contribution in [1.82, 2.24) is 5.32 Å². The summed E-state index contributed by atoms with van der Waals surface area (Å²) in [6.07, 6.45) is 2.11. The van der Waals surface area contributed by atoms with E-state index in [4.69, 9.17) is 0 Å². The molecule has 1 aliphatic carbocycles. The number of rotatable bonds is 3. The molecule has 1 aromatic rings. The second-order valence-corrected chi connectivity index (χ2v) is 5.81. The van der Waals surface area contributed by atoms with Crippen molar-refractivity contribution in [2.24, 2.45) is 5.41 Å². The van der Waals surface area contributed by atoms with Crippen LogP contribution in [0.2, 0.25) is 0 Å². The van der Waals surface area contributed by atoms with Crippen LogP contribution in [0.3, 0.4) is 0 Å². The summed E-state index contributed by atoms with van der Waals surface area (Å²) in [7, 11) is 1.94. The molecule has 88 valence electrons. The van der Waals surface area contributed by atoms with E-state index < -0.39 is 0 Å². The van der Waals surface area contributed by atoms with Gasteiger partial charge in [-0.15, -0.1) is 0 Å². The van der Waals surface area contributed by atoms with Crippen LogP contribution in [0.4, 0.5) is 4.39 Å². The Hall–Kier alpha value is -0.890. The van der Waals surface area contributed by atoms with Gasteiger partial charge in [-0.1, -0.05) is 32.0 Å². The van der Waals surface area contributed by atoms with Gasteiger partial charge in [-0.2, -0.15) is 0 Å². The van der Waals surface area contributed by atoms with E-state index in [1.165, 1.54) is 0 Å². The Labute approximate surface area is 97.1 Å². The molecule has 0 aromatic heterocycles. The third-order valence-corrected chi connectivity index (χ3v) is 3.59. The normalized spacial score (nSPS) is 21.5. The van der Waals surface area contributed by atoms with Gasteiger partial charge in [-0.05, 0) is 36.9 Å². The Morgan fingerprint density at radius 1 is 1.25 bits per heavy atom. The van der Waals surface area contributed by atoms with E-state index in [1.807, 2.05) is 19.2 Å². The number of halogens is 1. The molecular weight excluding hydrogens is 201 g/mol. The van der Waals surface area contributed by atoms with Crippen LogP contribution in [0.1, 0.15) is 32.3 Å². The summed E-state index contributed by atoms with van der Waals surface area (Å²) >= 11 is 0. The second-order valence-electron chi connectivity index (χ2n) is 5.81. The average molecular weight is 221 g/mol. The first kappa shape index (κ1) is 11.6. The average Bonchev–Trinajstić information content (AvgIpc) is 2.15. The lowest BCUT2D eigenvalue weighted by Gasteiger charge is -2.54. The minimum absolute atomic E-state index is 0.00356. The Kier molecular flexibility index (Phi) is 2.79. The first-order chi connectivity index (χ1) is 7.49. The van der Waals surface area contributed by atoms with E-state index in [9.17, 15) is 4.39 Å². The number of hydrogen-bond acceptors (Lipinski definition) is 1. The molecule has 0 heterocycles. The van der Waals surface area contributed by atoms with Gasteiger partial charge in [0.1, 0.15) is 5.82 Å². The highest BCUT2D eigenvalue weighted by Crippen LogP contribution is 2.55. The van der Waals surface area contributed by atoms with Gasteiger partial charge in [0.25, 0.3) is 0 Å². The molecule has 2 heteroatoms. The summed E-state index contributed by atoms with van der Waals surface area (Å²) in [5, 5.41) is 3.21. The minimum Gasteiger partial charge on any atom is -0.319 e. The lowest BCUT2D eigenvalue weighted by atomic mass is 9.52. The Balaban J connectivity index is 2.32. The maximum absolute atomic E-state index is 13.9. The highest BCUT2D eigenvalue weighted by atomic mass is 19.1. The molecule has 0 bridgehead atoms. The molecule has 1 saturated carbocycles. The van der Waals surface area contributed by atoms with Crippen molar-refractivity contribution in [2.45, 2.75) is 32.1 Å². The minimum atomic E-state index is -0.0618. The zero-order valence-corrected chi connectivity index (χ0v) is 10.3. The standard InChI is InChI=1S/C14H20FN/c1-13(2)8-14(9-13,10-16-3)11-6-4-5-7-12(11)15/h4-7,16H,8-10H2,1-3H3.